The van der Waals surface area contributed by atoms with E-state index in [4.69, 9.17) is 0 Å². The van der Waals surface area contributed by atoms with Crippen molar-refractivity contribution >= 4 is 0 Å². The van der Waals surface area contributed by atoms with Crippen LogP contribution in [0.25, 0.3) is 0 Å². The van der Waals surface area contributed by atoms with Gasteiger partial charge in [-0.1, -0.05) is 27.7 Å². The molecule has 0 atom stereocenters. The van der Waals surface area contributed by atoms with Crippen LogP contribution in [0, 0.1) is 0 Å². The molecule has 0 aromatic rings. The van der Waals surface area contributed by atoms with Gasteiger partial charge >= 0.3 is 0 Å². The summed E-state index contributed by atoms with van der Waals surface area (Å²) in [6, 6.07) is 0.788. The van der Waals surface area contributed by atoms with Crippen LogP contribution in [0.3, 0.4) is 0 Å². The minimum absolute atomic E-state index is 0.320. The van der Waals surface area contributed by atoms with Crippen molar-refractivity contribution in [2.75, 3.05) is 27.2 Å². The van der Waals surface area contributed by atoms with Crippen LogP contribution in [-0.2, 0) is 0 Å². The monoisotopic (exact) mass is 244 g/mol. The lowest BCUT2D eigenvalue weighted by Gasteiger charge is -2.42. The van der Waals surface area contributed by atoms with E-state index >= 15 is 0 Å². The minimum atomic E-state index is 0.320. The first-order valence-electron chi connectivity index (χ1n) is 7.33. The molecule has 0 aliphatic carbocycles. The lowest BCUT2D eigenvalue weighted by atomic mass is 9.98. The van der Waals surface area contributed by atoms with Crippen LogP contribution in [0.1, 0.15) is 61.3 Å². The molecule has 2 nitrogen and oxygen atoms in total. The van der Waals surface area contributed by atoms with Gasteiger partial charge in [0.05, 0.1) is 0 Å². The predicted octanol–water partition coefficient (Wildman–Crippen LogP) is 3.86. The molecule has 0 spiro atoms. The molecule has 0 bridgehead atoms. The fraction of sp³-hybridized carbons (Fsp3) is 1.00. The van der Waals surface area contributed by atoms with Gasteiger partial charge in [-0.05, 0) is 60.8 Å². The van der Waals surface area contributed by atoms with E-state index in [1.807, 2.05) is 27.7 Å². The topological polar surface area (TPSA) is 6.48 Å². The first-order valence-corrected chi connectivity index (χ1v) is 7.33. The summed E-state index contributed by atoms with van der Waals surface area (Å²) in [6.07, 6.45) is 2.65. The number of piperidine rings is 1. The molecule has 0 radical (unpaired) electrons. The van der Waals surface area contributed by atoms with Crippen LogP contribution in [-0.4, -0.2) is 48.6 Å². The third kappa shape index (κ3) is 7.77. The molecule has 1 heterocycles. The van der Waals surface area contributed by atoms with Crippen molar-refractivity contribution in [3.63, 3.8) is 0 Å². The highest BCUT2D eigenvalue weighted by atomic mass is 15.2. The Hall–Kier alpha value is -0.0800. The van der Waals surface area contributed by atoms with Crippen molar-refractivity contribution in [3.8, 4) is 0 Å². The smallest absolute Gasteiger partial charge is 0.0124 e. The molecule has 0 aromatic heterocycles. The Bertz CT molecular complexity index is 153. The maximum Gasteiger partial charge on any atom is 0.0124 e. The van der Waals surface area contributed by atoms with Crippen LogP contribution in [0.5, 0.6) is 0 Å². The summed E-state index contributed by atoms with van der Waals surface area (Å²) in [5.41, 5.74) is 0.320. The van der Waals surface area contributed by atoms with Gasteiger partial charge in [0.15, 0.2) is 0 Å². The van der Waals surface area contributed by atoms with Crippen molar-refractivity contribution in [2.45, 2.75) is 72.9 Å². The molecular formula is C15H36N2. The molecule has 2 heteroatoms. The summed E-state index contributed by atoms with van der Waals surface area (Å²) in [4.78, 5) is 4.95. The van der Waals surface area contributed by atoms with Crippen molar-refractivity contribution in [2.24, 2.45) is 0 Å². The summed E-state index contributed by atoms with van der Waals surface area (Å²) in [5, 5.41) is 0. The minimum Gasteiger partial charge on any atom is -0.306 e. The lowest BCUT2D eigenvalue weighted by Crippen LogP contribution is -2.49. The first kappa shape index (κ1) is 19.3. The van der Waals surface area contributed by atoms with Crippen molar-refractivity contribution < 1.29 is 0 Å². The Morgan fingerprint density at radius 3 is 1.59 bits per heavy atom. The van der Waals surface area contributed by atoms with E-state index in [0.29, 0.717) is 5.54 Å². The van der Waals surface area contributed by atoms with Crippen LogP contribution >= 0.6 is 0 Å². The highest BCUT2D eigenvalue weighted by Gasteiger charge is 2.27. The average molecular weight is 244 g/mol. The van der Waals surface area contributed by atoms with Crippen LogP contribution in [0.15, 0.2) is 0 Å². The van der Waals surface area contributed by atoms with Crippen LogP contribution in [0.2, 0.25) is 0 Å². The molecule has 0 aromatic carbocycles. The van der Waals surface area contributed by atoms with Gasteiger partial charge in [0.25, 0.3) is 0 Å². The Morgan fingerprint density at radius 1 is 0.941 bits per heavy atom. The lowest BCUT2D eigenvalue weighted by molar-refractivity contribution is 0.0713. The molecule has 0 unspecified atom stereocenters. The second kappa shape index (κ2) is 9.90. The van der Waals surface area contributed by atoms with Crippen LogP contribution in [0.4, 0.5) is 0 Å². The van der Waals surface area contributed by atoms with Gasteiger partial charge in [-0.25, -0.2) is 0 Å². The van der Waals surface area contributed by atoms with Gasteiger partial charge in [-0.2, -0.15) is 0 Å². The standard InChI is InChI=1S/C11H24N2.2C2H6/c1-11(2,3)13(5)10-6-8-12(4)9-7-10;2*1-2/h10H,6-9H2,1-5H3;2*1-2H3. The largest absolute Gasteiger partial charge is 0.306 e. The second-order valence-electron chi connectivity index (χ2n) is 5.32. The van der Waals surface area contributed by atoms with E-state index < -0.39 is 0 Å². The molecule has 106 valence electrons. The zero-order valence-electron chi connectivity index (χ0n) is 13.8. The number of nitrogens with zero attached hydrogens (tertiary/aromatic N) is 2. The molecule has 1 fully saturated rings. The normalized spacial score (nSPS) is 18.0. The van der Waals surface area contributed by atoms with Gasteiger partial charge in [-0.3, -0.25) is 4.90 Å². The highest BCUT2D eigenvalue weighted by Crippen LogP contribution is 2.21. The van der Waals surface area contributed by atoms with E-state index in [9.17, 15) is 0 Å². The Kier molecular flexibility index (Phi) is 11.2. The van der Waals surface area contributed by atoms with E-state index in [2.05, 4.69) is 44.7 Å². The fourth-order valence-electron chi connectivity index (χ4n) is 1.93. The van der Waals surface area contributed by atoms with Gasteiger partial charge < -0.3 is 4.90 Å². The molecular weight excluding hydrogens is 208 g/mol. The number of hydrogen-bond donors (Lipinski definition) is 0. The molecule has 0 N–H and O–H groups in total. The molecule has 1 aliphatic heterocycles. The maximum absolute atomic E-state index is 2.53. The van der Waals surface area contributed by atoms with Gasteiger partial charge in [0.1, 0.15) is 0 Å². The van der Waals surface area contributed by atoms with Crippen molar-refractivity contribution in [3.05, 3.63) is 0 Å². The first-order chi connectivity index (χ1) is 7.91. The quantitative estimate of drug-likeness (QED) is 0.691. The Labute approximate surface area is 110 Å². The Balaban J connectivity index is 0. The fourth-order valence-corrected chi connectivity index (χ4v) is 1.93. The van der Waals surface area contributed by atoms with E-state index in [-0.39, 0.29) is 0 Å². The highest BCUT2D eigenvalue weighted by molar-refractivity contribution is 4.83. The molecule has 1 saturated heterocycles. The summed E-state index contributed by atoms with van der Waals surface area (Å²) < 4.78 is 0. The third-order valence-corrected chi connectivity index (χ3v) is 3.29. The summed E-state index contributed by atoms with van der Waals surface area (Å²) in [6.45, 7) is 17.4. The van der Waals surface area contributed by atoms with Crippen molar-refractivity contribution in [1.82, 2.24) is 9.80 Å². The third-order valence-electron chi connectivity index (χ3n) is 3.29. The van der Waals surface area contributed by atoms with Gasteiger partial charge in [0, 0.05) is 11.6 Å². The number of hydrogen-bond acceptors (Lipinski definition) is 2. The Morgan fingerprint density at radius 2 is 1.29 bits per heavy atom. The molecule has 0 amide bonds. The molecule has 1 aliphatic rings. The maximum atomic E-state index is 2.53. The SMILES string of the molecule is CC.CC.CN1CCC(N(C)C(C)(C)C)CC1. The van der Waals surface area contributed by atoms with E-state index in [1.54, 1.807) is 0 Å². The molecule has 0 saturated carbocycles. The molecule has 1 rings (SSSR count). The zero-order valence-corrected chi connectivity index (χ0v) is 13.8. The number of rotatable bonds is 1. The van der Waals surface area contributed by atoms with E-state index in [1.165, 1.54) is 25.9 Å². The van der Waals surface area contributed by atoms with Crippen LogP contribution < -0.4 is 0 Å². The van der Waals surface area contributed by atoms with Gasteiger partial charge in [0.2, 0.25) is 0 Å². The summed E-state index contributed by atoms with van der Waals surface area (Å²) >= 11 is 0. The zero-order chi connectivity index (χ0) is 14.1. The van der Waals surface area contributed by atoms with Crippen molar-refractivity contribution in [1.29, 1.82) is 0 Å². The van der Waals surface area contributed by atoms with E-state index in [0.717, 1.165) is 6.04 Å². The predicted molar refractivity (Wildman–Crippen MR) is 80.7 cm³/mol. The molecule has 17 heavy (non-hydrogen) atoms. The summed E-state index contributed by atoms with van der Waals surface area (Å²) in [7, 11) is 4.48. The summed E-state index contributed by atoms with van der Waals surface area (Å²) in [5.74, 6) is 0. The van der Waals surface area contributed by atoms with Gasteiger partial charge in [-0.15, -0.1) is 0 Å². The second-order valence-corrected chi connectivity index (χ2v) is 5.32. The number of likely N-dealkylation sites (tertiary alicyclic amines) is 1. The average Bonchev–Trinajstić information content (AvgIpc) is 2.33.